The molecule has 3 rings (SSSR count). The third kappa shape index (κ3) is 3.28. The van der Waals surface area contributed by atoms with Gasteiger partial charge in [-0.2, -0.15) is 9.78 Å². The van der Waals surface area contributed by atoms with Gasteiger partial charge in [-0.3, -0.25) is 0 Å². The van der Waals surface area contributed by atoms with Crippen LogP contribution in [0.1, 0.15) is 13.3 Å². The molecule has 24 heavy (non-hydrogen) atoms. The molecule has 2 heterocycles. The molecule has 122 valence electrons. The molecule has 0 N–H and O–H groups in total. The molecule has 0 aliphatic carbocycles. The maximum Gasteiger partial charge on any atom is 0.185 e. The van der Waals surface area contributed by atoms with Crippen molar-refractivity contribution >= 4 is 34.7 Å². The van der Waals surface area contributed by atoms with Crippen LogP contribution >= 0.6 is 23.2 Å². The molecule has 1 aromatic carbocycles. The minimum absolute atomic E-state index is 0.437. The van der Waals surface area contributed by atoms with Crippen molar-refractivity contribution in [2.24, 2.45) is 0 Å². The summed E-state index contributed by atoms with van der Waals surface area (Å²) in [4.78, 5) is 2.03. The molecule has 0 saturated heterocycles. The molecule has 0 aliphatic rings. The summed E-state index contributed by atoms with van der Waals surface area (Å²) < 4.78 is 1.66. The van der Waals surface area contributed by atoms with E-state index < -0.39 is 0 Å². The lowest BCUT2D eigenvalue weighted by molar-refractivity contribution is 0.784. The Balaban J connectivity index is 2.07. The van der Waals surface area contributed by atoms with Gasteiger partial charge in [-0.15, -0.1) is 15.3 Å². The van der Waals surface area contributed by atoms with Gasteiger partial charge in [0, 0.05) is 28.7 Å². The maximum atomic E-state index is 8.79. The van der Waals surface area contributed by atoms with Crippen molar-refractivity contribution < 1.29 is 0 Å². The van der Waals surface area contributed by atoms with Crippen LogP contribution in [0.25, 0.3) is 17.0 Å². The van der Waals surface area contributed by atoms with Crippen LogP contribution in [0.15, 0.2) is 30.3 Å². The number of hydrogen-bond acceptors (Lipinski definition) is 5. The van der Waals surface area contributed by atoms with E-state index in [1.807, 2.05) is 24.0 Å². The molecule has 0 radical (unpaired) electrons. The molecule has 6 nitrogen and oxygen atoms in total. The van der Waals surface area contributed by atoms with Gasteiger partial charge in [-0.1, -0.05) is 23.2 Å². The number of benzene rings is 1. The van der Waals surface area contributed by atoms with Crippen LogP contribution in [-0.2, 0) is 0 Å². The van der Waals surface area contributed by atoms with Gasteiger partial charge in [0.25, 0.3) is 0 Å². The zero-order chi connectivity index (χ0) is 17.1. The zero-order valence-electron chi connectivity index (χ0n) is 12.9. The average molecular weight is 361 g/mol. The van der Waals surface area contributed by atoms with Gasteiger partial charge in [-0.25, -0.2) is 0 Å². The van der Waals surface area contributed by atoms with Gasteiger partial charge in [0.05, 0.1) is 12.5 Å². The largest absolute Gasteiger partial charge is 0.354 e. The number of nitrogens with zero attached hydrogens (tertiary/aromatic N) is 6. The van der Waals surface area contributed by atoms with Crippen LogP contribution in [-0.4, -0.2) is 32.9 Å². The highest BCUT2D eigenvalue weighted by Crippen LogP contribution is 2.26. The highest BCUT2D eigenvalue weighted by atomic mass is 35.5. The molecule has 0 spiro atoms. The number of halogens is 2. The van der Waals surface area contributed by atoms with Crippen molar-refractivity contribution in [3.63, 3.8) is 0 Å². The molecule has 0 bridgehead atoms. The number of rotatable bonds is 5. The van der Waals surface area contributed by atoms with E-state index in [4.69, 9.17) is 28.5 Å². The van der Waals surface area contributed by atoms with Crippen LogP contribution < -0.4 is 4.90 Å². The summed E-state index contributed by atoms with van der Waals surface area (Å²) in [5.74, 6) is 1.32. The van der Waals surface area contributed by atoms with E-state index in [0.29, 0.717) is 34.5 Å². The highest BCUT2D eigenvalue weighted by Gasteiger charge is 2.13. The van der Waals surface area contributed by atoms with E-state index in [1.165, 1.54) is 0 Å². The fraction of sp³-hybridized carbons (Fsp3) is 0.250. The first-order valence-electron chi connectivity index (χ1n) is 7.43. The van der Waals surface area contributed by atoms with Crippen molar-refractivity contribution in [3.8, 4) is 17.5 Å². The number of hydrogen-bond donors (Lipinski definition) is 0. The molecular formula is C16H14Cl2N6. The summed E-state index contributed by atoms with van der Waals surface area (Å²) in [6, 6.07) is 11.1. The first-order chi connectivity index (χ1) is 11.6. The predicted octanol–water partition coefficient (Wildman–Crippen LogP) is 3.84. The van der Waals surface area contributed by atoms with Crippen LogP contribution in [0.4, 0.5) is 5.82 Å². The Morgan fingerprint density at radius 1 is 1.17 bits per heavy atom. The first-order valence-corrected chi connectivity index (χ1v) is 8.18. The normalized spacial score (nSPS) is 10.8. The second kappa shape index (κ2) is 7.04. The molecule has 3 aromatic rings. The lowest BCUT2D eigenvalue weighted by Gasteiger charge is -2.20. The molecular weight excluding hydrogens is 347 g/mol. The molecule has 2 aromatic heterocycles. The summed E-state index contributed by atoms with van der Waals surface area (Å²) in [5, 5.41) is 22.8. The Bertz CT molecular complexity index is 894. The van der Waals surface area contributed by atoms with Gasteiger partial charge >= 0.3 is 0 Å². The molecule has 0 aliphatic heterocycles. The summed E-state index contributed by atoms with van der Waals surface area (Å²) in [5.41, 5.74) is 1.37. The zero-order valence-corrected chi connectivity index (χ0v) is 14.5. The number of fused-ring (bicyclic) bond motifs is 1. The standard InChI is InChI=1S/C16H14Cl2N6/c1-2-23(7-3-6-19)15-5-4-14-20-21-16(24(14)22-15)11-8-12(17)10-13(18)9-11/h4-5,8-10H,2-3,7H2,1H3. The monoisotopic (exact) mass is 360 g/mol. The molecule has 0 unspecified atom stereocenters. The topological polar surface area (TPSA) is 70.1 Å². The van der Waals surface area contributed by atoms with Crippen molar-refractivity contribution in [1.29, 1.82) is 5.26 Å². The van der Waals surface area contributed by atoms with Crippen molar-refractivity contribution in [2.75, 3.05) is 18.0 Å². The van der Waals surface area contributed by atoms with Gasteiger partial charge in [0.1, 0.15) is 5.82 Å². The number of aromatic nitrogens is 4. The van der Waals surface area contributed by atoms with Gasteiger partial charge in [-0.05, 0) is 37.3 Å². The maximum absolute atomic E-state index is 8.79. The van der Waals surface area contributed by atoms with Crippen LogP contribution in [0.2, 0.25) is 10.0 Å². The quantitative estimate of drug-likeness (QED) is 0.691. The second-order valence-electron chi connectivity index (χ2n) is 5.13. The van der Waals surface area contributed by atoms with E-state index in [1.54, 1.807) is 22.7 Å². The Hall–Kier alpha value is -2.36. The lowest BCUT2D eigenvalue weighted by atomic mass is 10.2. The van der Waals surface area contributed by atoms with Gasteiger partial charge in [0.15, 0.2) is 11.5 Å². The second-order valence-corrected chi connectivity index (χ2v) is 6.00. The third-order valence-electron chi connectivity index (χ3n) is 3.57. The first kappa shape index (κ1) is 16.5. The van der Waals surface area contributed by atoms with Gasteiger partial charge in [0.2, 0.25) is 0 Å². The lowest BCUT2D eigenvalue weighted by Crippen LogP contribution is -2.25. The Morgan fingerprint density at radius 2 is 1.92 bits per heavy atom. The summed E-state index contributed by atoms with van der Waals surface area (Å²) >= 11 is 12.2. The van der Waals surface area contributed by atoms with Crippen LogP contribution in [0, 0.1) is 11.3 Å². The molecule has 0 fully saturated rings. The number of anilines is 1. The van der Waals surface area contributed by atoms with Crippen molar-refractivity contribution in [1.82, 2.24) is 19.8 Å². The van der Waals surface area contributed by atoms with E-state index in [0.717, 1.165) is 17.9 Å². The molecule has 0 amide bonds. The Kier molecular flexibility index (Phi) is 4.84. The smallest absolute Gasteiger partial charge is 0.185 e. The fourth-order valence-corrected chi connectivity index (χ4v) is 2.96. The van der Waals surface area contributed by atoms with Crippen molar-refractivity contribution in [3.05, 3.63) is 40.4 Å². The average Bonchev–Trinajstić information content (AvgIpc) is 2.98. The molecule has 8 heteroatoms. The van der Waals surface area contributed by atoms with Crippen LogP contribution in [0.5, 0.6) is 0 Å². The Labute approximate surface area is 149 Å². The SMILES string of the molecule is CCN(CCC#N)c1ccc2nnc(-c3cc(Cl)cc(Cl)c3)n2n1. The molecule has 0 saturated carbocycles. The van der Waals surface area contributed by atoms with E-state index in [9.17, 15) is 0 Å². The number of nitriles is 1. The van der Waals surface area contributed by atoms with Gasteiger partial charge < -0.3 is 4.90 Å². The molecule has 0 atom stereocenters. The minimum atomic E-state index is 0.437. The van der Waals surface area contributed by atoms with Crippen molar-refractivity contribution in [2.45, 2.75) is 13.3 Å². The predicted molar refractivity (Wildman–Crippen MR) is 94.4 cm³/mol. The summed E-state index contributed by atoms with van der Waals surface area (Å²) in [6.07, 6.45) is 0.437. The third-order valence-corrected chi connectivity index (χ3v) is 4.01. The van der Waals surface area contributed by atoms with E-state index in [2.05, 4.69) is 21.4 Å². The minimum Gasteiger partial charge on any atom is -0.354 e. The highest BCUT2D eigenvalue weighted by molar-refractivity contribution is 6.35. The summed E-state index contributed by atoms with van der Waals surface area (Å²) in [6.45, 7) is 3.39. The van der Waals surface area contributed by atoms with E-state index in [-0.39, 0.29) is 0 Å². The van der Waals surface area contributed by atoms with Crippen LogP contribution in [0.3, 0.4) is 0 Å². The Morgan fingerprint density at radius 3 is 2.58 bits per heavy atom. The summed E-state index contributed by atoms with van der Waals surface area (Å²) in [7, 11) is 0. The van der Waals surface area contributed by atoms with E-state index >= 15 is 0 Å². The fourth-order valence-electron chi connectivity index (χ4n) is 2.43.